The van der Waals surface area contributed by atoms with Crippen molar-refractivity contribution >= 4 is 0 Å². The molecule has 0 N–H and O–H groups in total. The van der Waals surface area contributed by atoms with Gasteiger partial charge in [-0.25, -0.2) is 0 Å². The van der Waals surface area contributed by atoms with Crippen molar-refractivity contribution in [2.24, 2.45) is 0 Å². The van der Waals surface area contributed by atoms with Gasteiger partial charge in [0.05, 0.1) is 54.9 Å². The lowest BCUT2D eigenvalue weighted by molar-refractivity contribution is -0.890. The predicted molar refractivity (Wildman–Crippen MR) is 87.4 cm³/mol. The lowest BCUT2D eigenvalue weighted by Crippen LogP contribution is -2.41. The Kier molecular flexibility index (Phi) is 9.72. The van der Waals surface area contributed by atoms with Crippen LogP contribution in [-0.4, -0.2) is 63.8 Å². The molecular formula is C17H40N2+2. The van der Waals surface area contributed by atoms with Crippen LogP contribution >= 0.6 is 0 Å². The minimum absolute atomic E-state index is 1.11. The van der Waals surface area contributed by atoms with Crippen LogP contribution in [0.15, 0.2) is 0 Å². The van der Waals surface area contributed by atoms with Crippen molar-refractivity contribution in [1.29, 1.82) is 0 Å². The third-order valence-electron chi connectivity index (χ3n) is 3.96. The van der Waals surface area contributed by atoms with E-state index in [4.69, 9.17) is 0 Å². The van der Waals surface area contributed by atoms with Crippen LogP contribution in [0.4, 0.5) is 0 Å². The fourth-order valence-electron chi connectivity index (χ4n) is 2.56. The van der Waals surface area contributed by atoms with E-state index >= 15 is 0 Å². The number of quaternary nitrogens is 2. The summed E-state index contributed by atoms with van der Waals surface area (Å²) >= 11 is 0. The molecule has 116 valence electrons. The minimum Gasteiger partial charge on any atom is -0.331 e. The van der Waals surface area contributed by atoms with Crippen LogP contribution in [0.1, 0.15) is 58.3 Å². The molecule has 0 aliphatic carbocycles. The van der Waals surface area contributed by atoms with Gasteiger partial charge in [0.25, 0.3) is 0 Å². The van der Waals surface area contributed by atoms with Gasteiger partial charge in [0.15, 0.2) is 0 Å². The van der Waals surface area contributed by atoms with E-state index in [-0.39, 0.29) is 0 Å². The quantitative estimate of drug-likeness (QED) is 0.373. The summed E-state index contributed by atoms with van der Waals surface area (Å²) in [7, 11) is 11.7. The van der Waals surface area contributed by atoms with Crippen LogP contribution < -0.4 is 0 Å². The lowest BCUT2D eigenvalue weighted by Gasteiger charge is -2.30. The van der Waals surface area contributed by atoms with Crippen molar-refractivity contribution in [1.82, 2.24) is 0 Å². The first-order valence-corrected chi connectivity index (χ1v) is 8.39. The van der Waals surface area contributed by atoms with Crippen molar-refractivity contribution in [3.8, 4) is 0 Å². The first kappa shape index (κ1) is 18.9. The maximum atomic E-state index is 2.40. The van der Waals surface area contributed by atoms with Gasteiger partial charge in [0, 0.05) is 0 Å². The summed E-state index contributed by atoms with van der Waals surface area (Å²) in [6.45, 7) is 6.32. The van der Waals surface area contributed by atoms with Gasteiger partial charge < -0.3 is 8.97 Å². The van der Waals surface area contributed by atoms with Crippen molar-refractivity contribution in [2.45, 2.75) is 58.3 Å². The Balaban J connectivity index is 3.47. The first-order chi connectivity index (χ1) is 8.77. The lowest BCUT2D eigenvalue weighted by atomic mass is 10.1. The Bertz CT molecular complexity index is 204. The zero-order chi connectivity index (χ0) is 14.8. The van der Waals surface area contributed by atoms with Crippen LogP contribution in [0.3, 0.4) is 0 Å². The molecule has 0 unspecified atom stereocenters. The highest BCUT2D eigenvalue weighted by Crippen LogP contribution is 2.09. The maximum absolute atomic E-state index is 2.40. The molecule has 2 heteroatoms. The molecule has 2 nitrogen and oxygen atoms in total. The molecule has 0 aromatic carbocycles. The van der Waals surface area contributed by atoms with E-state index < -0.39 is 0 Å². The third kappa shape index (κ3) is 14.1. The molecule has 0 saturated carbocycles. The highest BCUT2D eigenvalue weighted by Gasteiger charge is 2.13. The van der Waals surface area contributed by atoms with Crippen molar-refractivity contribution in [3.05, 3.63) is 0 Å². The van der Waals surface area contributed by atoms with Crippen LogP contribution in [0.2, 0.25) is 0 Å². The highest BCUT2D eigenvalue weighted by molar-refractivity contribution is 4.45. The van der Waals surface area contributed by atoms with Gasteiger partial charge in [0.1, 0.15) is 0 Å². The van der Waals surface area contributed by atoms with E-state index in [1.807, 2.05) is 0 Å². The van der Waals surface area contributed by atoms with Gasteiger partial charge in [-0.15, -0.1) is 0 Å². The molecule has 0 spiro atoms. The largest absolute Gasteiger partial charge is 0.331 e. The second-order valence-electron chi connectivity index (χ2n) is 7.87. The smallest absolute Gasteiger partial charge is 0.0782 e. The molecule has 19 heavy (non-hydrogen) atoms. The van der Waals surface area contributed by atoms with Crippen molar-refractivity contribution < 1.29 is 8.97 Å². The van der Waals surface area contributed by atoms with E-state index in [1.165, 1.54) is 75.5 Å². The van der Waals surface area contributed by atoms with Gasteiger partial charge in [-0.05, 0) is 38.5 Å². The highest BCUT2D eigenvalue weighted by atomic mass is 15.3. The molecular weight excluding hydrogens is 232 g/mol. The number of rotatable bonds is 12. The minimum atomic E-state index is 1.11. The number of hydrogen-bond acceptors (Lipinski definition) is 0. The van der Waals surface area contributed by atoms with Crippen LogP contribution in [0.25, 0.3) is 0 Å². The van der Waals surface area contributed by atoms with E-state index in [9.17, 15) is 0 Å². The Morgan fingerprint density at radius 1 is 0.526 bits per heavy atom. The van der Waals surface area contributed by atoms with E-state index in [0.717, 1.165) is 4.48 Å². The van der Waals surface area contributed by atoms with Gasteiger partial charge in [-0.3, -0.25) is 0 Å². The summed E-state index contributed by atoms with van der Waals surface area (Å²) in [5, 5.41) is 0. The van der Waals surface area contributed by atoms with Crippen LogP contribution in [0.5, 0.6) is 0 Å². The molecule has 0 fully saturated rings. The second kappa shape index (κ2) is 9.77. The Morgan fingerprint density at radius 2 is 0.947 bits per heavy atom. The third-order valence-corrected chi connectivity index (χ3v) is 3.96. The van der Waals surface area contributed by atoms with Crippen LogP contribution in [0, 0.1) is 0 Å². The summed E-state index contributed by atoms with van der Waals surface area (Å²) in [6, 6.07) is 0. The molecule has 0 amide bonds. The standard InChI is InChI=1S/C17H40N2/c1-7-8-9-13-16-19(5,6)17-14-11-10-12-15-18(2,3)4/h7-17H2,1-6H3/q+2. The number of unbranched alkanes of at least 4 members (excludes halogenated alkanes) is 6. The summed E-state index contributed by atoms with van der Waals surface area (Å²) in [5.41, 5.74) is 0. The molecule has 0 aliphatic heterocycles. The summed E-state index contributed by atoms with van der Waals surface area (Å²) in [5.74, 6) is 0. The van der Waals surface area contributed by atoms with Crippen LogP contribution in [-0.2, 0) is 0 Å². The van der Waals surface area contributed by atoms with Gasteiger partial charge >= 0.3 is 0 Å². The molecule has 0 bridgehead atoms. The molecule has 0 atom stereocenters. The zero-order valence-electron chi connectivity index (χ0n) is 14.7. The van der Waals surface area contributed by atoms with Gasteiger partial charge in [0.2, 0.25) is 0 Å². The first-order valence-electron chi connectivity index (χ1n) is 8.39. The molecule has 0 rings (SSSR count). The summed E-state index contributed by atoms with van der Waals surface area (Å²) < 4.78 is 2.33. The topological polar surface area (TPSA) is 0 Å². The van der Waals surface area contributed by atoms with Crippen molar-refractivity contribution in [3.63, 3.8) is 0 Å². The monoisotopic (exact) mass is 272 g/mol. The summed E-state index contributed by atoms with van der Waals surface area (Å²) in [6.07, 6.45) is 11.2. The predicted octanol–water partition coefficient (Wildman–Crippen LogP) is 3.91. The normalized spacial score (nSPS) is 12.9. The molecule has 0 aromatic rings. The fraction of sp³-hybridized carbons (Fsp3) is 1.00. The fourth-order valence-corrected chi connectivity index (χ4v) is 2.56. The number of hydrogen-bond donors (Lipinski definition) is 0. The Hall–Kier alpha value is -0.0800. The molecule has 0 saturated heterocycles. The van der Waals surface area contributed by atoms with Gasteiger partial charge in [-0.1, -0.05) is 19.8 Å². The molecule has 0 radical (unpaired) electrons. The maximum Gasteiger partial charge on any atom is 0.0782 e. The van der Waals surface area contributed by atoms with E-state index in [2.05, 4.69) is 42.2 Å². The Morgan fingerprint density at radius 3 is 1.37 bits per heavy atom. The molecule has 0 aliphatic rings. The average Bonchev–Trinajstić information content (AvgIpc) is 2.28. The zero-order valence-corrected chi connectivity index (χ0v) is 14.7. The average molecular weight is 273 g/mol. The van der Waals surface area contributed by atoms with E-state index in [0.29, 0.717) is 0 Å². The van der Waals surface area contributed by atoms with Gasteiger partial charge in [-0.2, -0.15) is 0 Å². The summed E-state index contributed by atoms with van der Waals surface area (Å²) in [4.78, 5) is 0. The van der Waals surface area contributed by atoms with Crippen molar-refractivity contribution in [2.75, 3.05) is 54.9 Å². The molecule has 0 aromatic heterocycles. The SMILES string of the molecule is CCCCCC[N+](C)(C)CCCCCC[N+](C)(C)C. The van der Waals surface area contributed by atoms with E-state index in [1.54, 1.807) is 0 Å². The second-order valence-corrected chi connectivity index (χ2v) is 7.87. The Labute approximate surface area is 123 Å². The molecule has 0 heterocycles. The number of nitrogens with zero attached hydrogens (tertiary/aromatic N) is 2.